The van der Waals surface area contributed by atoms with Gasteiger partial charge < -0.3 is 10.6 Å². The third-order valence-electron chi connectivity index (χ3n) is 2.94. The van der Waals surface area contributed by atoms with Crippen molar-refractivity contribution >= 4 is 34.9 Å². The van der Waals surface area contributed by atoms with E-state index in [4.69, 9.17) is 5.73 Å². The van der Waals surface area contributed by atoms with Gasteiger partial charge in [-0.1, -0.05) is 0 Å². The normalized spacial score (nSPS) is 22.4. The van der Waals surface area contributed by atoms with Gasteiger partial charge in [0.1, 0.15) is 11.9 Å². The van der Waals surface area contributed by atoms with Gasteiger partial charge in [0.2, 0.25) is 0 Å². The fraction of sp³-hybridized carbons (Fsp3) is 0.273. The van der Waals surface area contributed by atoms with Gasteiger partial charge in [0.15, 0.2) is 0 Å². The number of hydrazone groups is 1. The topological polar surface area (TPSA) is 70.7 Å². The molecule has 0 unspecified atom stereocenters. The number of nitrogens with zero attached hydrogens (tertiary/aromatic N) is 2. The Labute approximate surface area is 103 Å². The number of benzene rings is 1. The van der Waals surface area contributed by atoms with E-state index in [1.54, 1.807) is 11.8 Å². The molecule has 3 rings (SSSR count). The van der Waals surface area contributed by atoms with E-state index >= 15 is 0 Å². The van der Waals surface area contributed by atoms with Crippen LogP contribution in [0.15, 0.2) is 28.2 Å². The van der Waals surface area contributed by atoms with Gasteiger partial charge in [0.25, 0.3) is 5.91 Å². The minimum atomic E-state index is -0.246. The van der Waals surface area contributed by atoms with Crippen LogP contribution in [0.3, 0.4) is 0 Å². The zero-order valence-electron chi connectivity index (χ0n) is 9.30. The van der Waals surface area contributed by atoms with E-state index in [9.17, 15) is 4.79 Å². The van der Waals surface area contributed by atoms with Crippen LogP contribution in [0.1, 0.15) is 6.92 Å². The van der Waals surface area contributed by atoms with E-state index in [2.05, 4.69) is 10.5 Å². The fourth-order valence-electron chi connectivity index (χ4n) is 2.04. The summed E-state index contributed by atoms with van der Waals surface area (Å²) in [4.78, 5) is 14.7. The number of carbonyl (C=O) groups excluding carboxylic acids is 1. The van der Waals surface area contributed by atoms with Gasteiger partial charge in [-0.15, -0.1) is 11.8 Å². The van der Waals surface area contributed by atoms with Gasteiger partial charge in [-0.2, -0.15) is 5.10 Å². The lowest BCUT2D eigenvalue weighted by Gasteiger charge is -2.38. The summed E-state index contributed by atoms with van der Waals surface area (Å²) in [5.74, 6) is 1.55. The lowest BCUT2D eigenvalue weighted by Crippen LogP contribution is -2.54. The Morgan fingerprint density at radius 3 is 3.24 bits per heavy atom. The van der Waals surface area contributed by atoms with E-state index in [0.717, 1.165) is 22.2 Å². The molecule has 0 fully saturated rings. The summed E-state index contributed by atoms with van der Waals surface area (Å²) in [6, 6.07) is 5.52. The van der Waals surface area contributed by atoms with E-state index in [0.29, 0.717) is 5.69 Å². The quantitative estimate of drug-likeness (QED) is 0.672. The second-order valence-corrected chi connectivity index (χ2v) is 5.08. The minimum Gasteiger partial charge on any atom is -0.399 e. The molecule has 1 atom stereocenters. The molecule has 0 saturated carbocycles. The van der Waals surface area contributed by atoms with Crippen molar-refractivity contribution in [1.82, 2.24) is 5.43 Å². The van der Waals surface area contributed by atoms with Crippen LogP contribution in [0.2, 0.25) is 0 Å². The van der Waals surface area contributed by atoms with Crippen LogP contribution in [0.4, 0.5) is 11.4 Å². The molecule has 2 heterocycles. The summed E-state index contributed by atoms with van der Waals surface area (Å²) in [5.41, 5.74) is 10.0. The average molecular weight is 248 g/mol. The van der Waals surface area contributed by atoms with Gasteiger partial charge in [-0.05, 0) is 25.1 Å². The van der Waals surface area contributed by atoms with Crippen molar-refractivity contribution in [3.8, 4) is 0 Å². The molecule has 2 aliphatic rings. The number of hydrogen-bond acceptors (Lipinski definition) is 5. The second kappa shape index (κ2) is 3.66. The van der Waals surface area contributed by atoms with E-state index in [-0.39, 0.29) is 11.9 Å². The molecule has 0 spiro atoms. The summed E-state index contributed by atoms with van der Waals surface area (Å²) in [6.45, 7) is 1.87. The number of rotatable bonds is 0. The highest BCUT2D eigenvalue weighted by Crippen LogP contribution is 2.38. The Hall–Kier alpha value is -1.69. The molecular weight excluding hydrogens is 236 g/mol. The zero-order valence-corrected chi connectivity index (χ0v) is 10.1. The number of nitrogen functional groups attached to an aromatic ring is 1. The summed E-state index contributed by atoms with van der Waals surface area (Å²) in [5, 5.41) is 4.09. The first kappa shape index (κ1) is 10.5. The number of nitrogens with two attached hydrogens (primary N) is 1. The predicted octanol–water partition coefficient (Wildman–Crippen LogP) is 1.01. The third-order valence-corrected chi connectivity index (χ3v) is 4.00. The predicted molar refractivity (Wildman–Crippen MR) is 69.1 cm³/mol. The minimum absolute atomic E-state index is 0.0889. The fourth-order valence-corrected chi connectivity index (χ4v) is 3.00. The molecule has 0 bridgehead atoms. The van der Waals surface area contributed by atoms with Crippen molar-refractivity contribution in [3.05, 3.63) is 18.2 Å². The van der Waals surface area contributed by atoms with Crippen LogP contribution in [-0.4, -0.2) is 23.5 Å². The molecule has 88 valence electrons. The van der Waals surface area contributed by atoms with Crippen molar-refractivity contribution in [1.29, 1.82) is 0 Å². The van der Waals surface area contributed by atoms with Crippen molar-refractivity contribution < 1.29 is 4.79 Å². The van der Waals surface area contributed by atoms with Gasteiger partial charge in [0.05, 0.1) is 11.4 Å². The van der Waals surface area contributed by atoms with Crippen LogP contribution in [-0.2, 0) is 4.79 Å². The Morgan fingerprint density at radius 2 is 2.41 bits per heavy atom. The van der Waals surface area contributed by atoms with Gasteiger partial charge in [0, 0.05) is 10.6 Å². The number of nitrogens with one attached hydrogen (secondary N) is 1. The number of amides is 1. The first-order valence-corrected chi connectivity index (χ1v) is 6.33. The summed E-state index contributed by atoms with van der Waals surface area (Å²) < 4.78 is 0. The molecule has 6 heteroatoms. The molecule has 1 aromatic carbocycles. The van der Waals surface area contributed by atoms with Crippen LogP contribution in [0.5, 0.6) is 0 Å². The number of thioether (sulfide) groups is 1. The Morgan fingerprint density at radius 1 is 1.59 bits per heavy atom. The number of carbonyl (C=O) groups is 1. The van der Waals surface area contributed by atoms with Crippen molar-refractivity contribution in [2.45, 2.75) is 17.9 Å². The Balaban J connectivity index is 2.14. The molecule has 17 heavy (non-hydrogen) atoms. The van der Waals surface area contributed by atoms with E-state index < -0.39 is 0 Å². The summed E-state index contributed by atoms with van der Waals surface area (Å²) in [7, 11) is 0. The number of amidine groups is 1. The summed E-state index contributed by atoms with van der Waals surface area (Å²) in [6.07, 6.45) is 0. The largest absolute Gasteiger partial charge is 0.399 e. The molecular formula is C11H12N4OS. The molecule has 0 aliphatic carbocycles. The standard InChI is InChI=1S/C11H12N4OS/c1-6-11(16)14-13-10-5-17-9-3-2-7(12)4-8(9)15(6)10/h2-4,6H,5,12H2,1H3,(H,14,16)/t6-/m0/s1. The maximum absolute atomic E-state index is 11.6. The molecule has 5 nitrogen and oxygen atoms in total. The molecule has 1 aromatic rings. The van der Waals surface area contributed by atoms with Crippen LogP contribution < -0.4 is 16.1 Å². The number of anilines is 2. The second-order valence-electron chi connectivity index (χ2n) is 4.07. The highest BCUT2D eigenvalue weighted by atomic mass is 32.2. The third kappa shape index (κ3) is 1.56. The van der Waals surface area contributed by atoms with E-state index in [1.807, 2.05) is 30.0 Å². The molecule has 0 saturated heterocycles. The summed E-state index contributed by atoms with van der Waals surface area (Å²) >= 11 is 1.71. The number of hydrogen-bond donors (Lipinski definition) is 2. The monoisotopic (exact) mass is 248 g/mol. The first-order chi connectivity index (χ1) is 8.16. The Kier molecular flexibility index (Phi) is 2.25. The molecule has 1 amide bonds. The van der Waals surface area contributed by atoms with Gasteiger partial charge in [-0.25, -0.2) is 5.43 Å². The highest BCUT2D eigenvalue weighted by Gasteiger charge is 2.34. The maximum atomic E-state index is 11.6. The lowest BCUT2D eigenvalue weighted by molar-refractivity contribution is -0.122. The molecule has 3 N–H and O–H groups in total. The lowest BCUT2D eigenvalue weighted by atomic mass is 10.1. The van der Waals surface area contributed by atoms with Gasteiger partial charge >= 0.3 is 0 Å². The SMILES string of the molecule is C[C@H]1C(=O)NN=C2CSc3ccc(N)cc3N21. The van der Waals surface area contributed by atoms with Crippen molar-refractivity contribution in [2.24, 2.45) is 5.10 Å². The first-order valence-electron chi connectivity index (χ1n) is 5.35. The van der Waals surface area contributed by atoms with E-state index in [1.165, 1.54) is 0 Å². The van der Waals surface area contributed by atoms with Gasteiger partial charge in [-0.3, -0.25) is 4.79 Å². The molecule has 0 radical (unpaired) electrons. The van der Waals surface area contributed by atoms with Crippen LogP contribution in [0.25, 0.3) is 0 Å². The number of fused-ring (bicyclic) bond motifs is 3. The molecule has 0 aromatic heterocycles. The Bertz CT molecular complexity index is 528. The molecule has 2 aliphatic heterocycles. The highest BCUT2D eigenvalue weighted by molar-refractivity contribution is 8.00. The zero-order chi connectivity index (χ0) is 12.0. The average Bonchev–Trinajstić information content (AvgIpc) is 2.33. The smallest absolute Gasteiger partial charge is 0.262 e. The van der Waals surface area contributed by atoms with Crippen molar-refractivity contribution in [2.75, 3.05) is 16.4 Å². The van der Waals surface area contributed by atoms with Crippen LogP contribution in [0, 0.1) is 0 Å². The maximum Gasteiger partial charge on any atom is 0.262 e. The van der Waals surface area contributed by atoms with Crippen molar-refractivity contribution in [3.63, 3.8) is 0 Å². The van der Waals surface area contributed by atoms with Crippen LogP contribution >= 0.6 is 11.8 Å².